The zero-order valence-corrected chi connectivity index (χ0v) is 8.99. The smallest absolute Gasteiger partial charge is 0.0508 e. The number of hydrogen-bond acceptors (Lipinski definition) is 0. The van der Waals surface area contributed by atoms with Gasteiger partial charge >= 0.3 is 0 Å². The van der Waals surface area contributed by atoms with Crippen LogP contribution < -0.4 is 0 Å². The Balaban J connectivity index is 3.78. The molecule has 0 unspecified atom stereocenters. The molecule has 0 aliphatic rings. The molecule has 60 valence electrons. The van der Waals surface area contributed by atoms with E-state index in [-0.39, 0.29) is 0 Å². The Kier molecular flexibility index (Phi) is 3.95. The second-order valence-corrected chi connectivity index (χ2v) is 9.45. The molecule has 0 aliphatic carbocycles. The maximum Gasteiger partial charge on any atom is 0.0508 e. The summed E-state index contributed by atoms with van der Waals surface area (Å²) >= 11 is 0. The zero-order valence-electron chi connectivity index (χ0n) is 7.99. The first kappa shape index (κ1) is 9.96. The van der Waals surface area contributed by atoms with Crippen LogP contribution in [-0.2, 0) is 0 Å². The van der Waals surface area contributed by atoms with Crippen LogP contribution in [0, 0.1) is 0 Å². The maximum atomic E-state index is 2.45. The van der Waals surface area contributed by atoms with Gasteiger partial charge in [0.1, 0.15) is 0 Å². The van der Waals surface area contributed by atoms with E-state index in [4.69, 9.17) is 0 Å². The van der Waals surface area contributed by atoms with E-state index in [1.165, 1.54) is 17.7 Å². The molecule has 0 N–H and O–H groups in total. The van der Waals surface area contributed by atoms with Crippen LogP contribution in [0.1, 0.15) is 20.8 Å². The lowest BCUT2D eigenvalue weighted by Gasteiger charge is -2.17. The van der Waals surface area contributed by atoms with Crippen molar-refractivity contribution in [2.75, 3.05) is 0 Å². The minimum atomic E-state index is -0.816. The number of allylic oxidation sites excluding steroid dienone is 2. The molecule has 0 radical (unpaired) electrons. The highest BCUT2D eigenvalue weighted by Gasteiger charge is 2.14. The third-order valence-electron chi connectivity index (χ3n) is 2.02. The Hall–Kier alpha value is -0.0431. The summed E-state index contributed by atoms with van der Waals surface area (Å²) in [5.41, 5.74) is 1.47. The normalized spacial score (nSPS) is 11.3. The van der Waals surface area contributed by atoms with E-state index in [1.807, 2.05) is 0 Å². The lowest BCUT2D eigenvalue weighted by atomic mass is 10.3. The molecule has 0 amide bonds. The van der Waals surface area contributed by atoms with Crippen LogP contribution in [0.3, 0.4) is 0 Å². The number of rotatable bonds is 3. The van der Waals surface area contributed by atoms with Crippen molar-refractivity contribution in [2.45, 2.75) is 46.0 Å². The molecule has 0 fully saturated rings. The lowest BCUT2D eigenvalue weighted by molar-refractivity contribution is 1.28. The first-order valence-electron chi connectivity index (χ1n) is 4.11. The second kappa shape index (κ2) is 3.97. The first-order valence-corrected chi connectivity index (χ1v) is 7.53. The molecule has 0 nitrogen and oxygen atoms in total. The van der Waals surface area contributed by atoms with E-state index >= 15 is 0 Å². The summed E-state index contributed by atoms with van der Waals surface area (Å²) in [6.45, 7) is 11.6. The van der Waals surface area contributed by atoms with Crippen LogP contribution >= 0.6 is 0 Å². The van der Waals surface area contributed by atoms with Crippen molar-refractivity contribution in [3.63, 3.8) is 0 Å². The molecular formula is C9H20Si. The van der Waals surface area contributed by atoms with Crippen LogP contribution in [0.4, 0.5) is 0 Å². The highest BCUT2D eigenvalue weighted by atomic mass is 28.3. The monoisotopic (exact) mass is 156 g/mol. The van der Waals surface area contributed by atoms with Gasteiger partial charge in [-0.2, -0.15) is 0 Å². The molecule has 0 atom stereocenters. The van der Waals surface area contributed by atoms with Gasteiger partial charge in [-0.1, -0.05) is 37.7 Å². The zero-order chi connectivity index (χ0) is 8.20. The third-order valence-corrected chi connectivity index (χ3v) is 5.24. The summed E-state index contributed by atoms with van der Waals surface area (Å²) in [6, 6.07) is 2.75. The van der Waals surface area contributed by atoms with Crippen molar-refractivity contribution in [1.82, 2.24) is 0 Å². The molecule has 0 aromatic carbocycles. The average Bonchev–Trinajstić information content (AvgIpc) is 1.85. The number of hydrogen-bond donors (Lipinski definition) is 0. The molecule has 0 aromatic rings. The molecule has 10 heavy (non-hydrogen) atoms. The molecule has 1 heteroatoms. The Labute approximate surface area is 66.4 Å². The van der Waals surface area contributed by atoms with Gasteiger partial charge in [-0.05, 0) is 19.9 Å². The van der Waals surface area contributed by atoms with Gasteiger partial charge in [-0.3, -0.25) is 0 Å². The second-order valence-electron chi connectivity index (χ2n) is 4.00. The molecule has 0 aliphatic heterocycles. The van der Waals surface area contributed by atoms with Crippen LogP contribution in [0.2, 0.25) is 25.2 Å². The van der Waals surface area contributed by atoms with Gasteiger partial charge in [0.2, 0.25) is 0 Å². The Morgan fingerprint density at radius 1 is 1.30 bits per heavy atom. The Bertz CT molecular complexity index is 119. The summed E-state index contributed by atoms with van der Waals surface area (Å²) in [5, 5.41) is 0. The van der Waals surface area contributed by atoms with Crippen molar-refractivity contribution in [3.05, 3.63) is 11.6 Å². The van der Waals surface area contributed by atoms with Crippen LogP contribution in [0.15, 0.2) is 11.6 Å². The highest BCUT2D eigenvalue weighted by molar-refractivity contribution is 6.77. The fourth-order valence-electron chi connectivity index (χ4n) is 0.625. The Morgan fingerprint density at radius 2 is 1.80 bits per heavy atom. The van der Waals surface area contributed by atoms with E-state index in [2.05, 4.69) is 39.9 Å². The molecule has 0 spiro atoms. The minimum absolute atomic E-state index is 0.816. The molecule has 0 heterocycles. The van der Waals surface area contributed by atoms with E-state index in [1.54, 1.807) is 0 Å². The maximum absolute atomic E-state index is 2.45. The molecule has 0 aromatic heterocycles. The predicted molar refractivity (Wildman–Crippen MR) is 52.2 cm³/mol. The lowest BCUT2D eigenvalue weighted by Crippen LogP contribution is -2.22. The summed E-state index contributed by atoms with van der Waals surface area (Å²) in [4.78, 5) is 0. The van der Waals surface area contributed by atoms with Gasteiger partial charge in [0.15, 0.2) is 0 Å². The van der Waals surface area contributed by atoms with Gasteiger partial charge in [0.05, 0.1) is 8.07 Å². The van der Waals surface area contributed by atoms with E-state index in [9.17, 15) is 0 Å². The van der Waals surface area contributed by atoms with Gasteiger partial charge in [-0.25, -0.2) is 0 Å². The van der Waals surface area contributed by atoms with Crippen molar-refractivity contribution in [1.29, 1.82) is 0 Å². The molecule has 0 saturated carbocycles. The van der Waals surface area contributed by atoms with E-state index < -0.39 is 8.07 Å². The molecule has 0 saturated heterocycles. The predicted octanol–water partition coefficient (Wildman–Crippen LogP) is 3.68. The summed E-state index contributed by atoms with van der Waals surface area (Å²) in [7, 11) is -0.816. The minimum Gasteiger partial charge on any atom is -0.0885 e. The van der Waals surface area contributed by atoms with Crippen molar-refractivity contribution < 1.29 is 0 Å². The quantitative estimate of drug-likeness (QED) is 0.432. The van der Waals surface area contributed by atoms with Gasteiger partial charge < -0.3 is 0 Å². The van der Waals surface area contributed by atoms with Crippen molar-refractivity contribution in [2.24, 2.45) is 0 Å². The van der Waals surface area contributed by atoms with E-state index in [0.717, 1.165) is 0 Å². The average molecular weight is 156 g/mol. The standard InChI is InChI=1S/C9H20Si/c1-6-10(4,5)8-7-9(2)3/h7H,6,8H2,1-5H3. The Morgan fingerprint density at radius 3 is 2.10 bits per heavy atom. The summed E-state index contributed by atoms with van der Waals surface area (Å²) in [6.07, 6.45) is 2.38. The van der Waals surface area contributed by atoms with Gasteiger partial charge in [-0.15, -0.1) is 0 Å². The fraction of sp³-hybridized carbons (Fsp3) is 0.778. The van der Waals surface area contributed by atoms with Crippen molar-refractivity contribution in [3.8, 4) is 0 Å². The summed E-state index contributed by atoms with van der Waals surface area (Å²) in [5.74, 6) is 0. The van der Waals surface area contributed by atoms with Crippen LogP contribution in [0.25, 0.3) is 0 Å². The van der Waals surface area contributed by atoms with Gasteiger partial charge in [0.25, 0.3) is 0 Å². The van der Waals surface area contributed by atoms with Gasteiger partial charge in [0, 0.05) is 0 Å². The third kappa shape index (κ3) is 4.80. The molecule has 0 bridgehead atoms. The largest absolute Gasteiger partial charge is 0.0885 e. The highest BCUT2D eigenvalue weighted by Crippen LogP contribution is 2.15. The SMILES string of the molecule is CC[Si](C)(C)CC=C(C)C. The topological polar surface area (TPSA) is 0 Å². The van der Waals surface area contributed by atoms with Crippen molar-refractivity contribution >= 4 is 8.07 Å². The van der Waals surface area contributed by atoms with Crippen LogP contribution in [0.5, 0.6) is 0 Å². The summed E-state index contributed by atoms with van der Waals surface area (Å²) < 4.78 is 0. The van der Waals surface area contributed by atoms with Crippen LogP contribution in [-0.4, -0.2) is 8.07 Å². The van der Waals surface area contributed by atoms with E-state index in [0.29, 0.717) is 0 Å². The molecule has 0 rings (SSSR count). The first-order chi connectivity index (χ1) is 4.48. The fourth-order valence-corrected chi connectivity index (χ4v) is 1.87. The molecular weight excluding hydrogens is 136 g/mol.